The highest BCUT2D eigenvalue weighted by atomic mass is 79.9. The van der Waals surface area contributed by atoms with E-state index in [1.165, 1.54) is 0 Å². The van der Waals surface area contributed by atoms with Crippen LogP contribution in [0, 0.1) is 0 Å². The van der Waals surface area contributed by atoms with Crippen LogP contribution in [0.2, 0.25) is 5.04 Å². The van der Waals surface area contributed by atoms with Crippen molar-refractivity contribution in [3.8, 4) is 0 Å². The standard InChI is InChI=1S/C29H35BrN2O3Si/c1-28(2,3)34-27(33)25(32-31)26(23-19-13-14-20-24(23)30)35-36(29(4,5)6,21-15-9-7-10-16-21)22-17-11-8-12-18-22/h7-20,26H,31H2,1-6H3/b32-25-. The van der Waals surface area contributed by atoms with Gasteiger partial charge < -0.3 is 15.0 Å². The Morgan fingerprint density at radius 2 is 1.31 bits per heavy atom. The lowest BCUT2D eigenvalue weighted by Gasteiger charge is -2.45. The normalized spacial score (nSPS) is 13.8. The fourth-order valence-corrected chi connectivity index (χ4v) is 9.48. The van der Waals surface area contributed by atoms with Crippen LogP contribution in [0.1, 0.15) is 53.2 Å². The van der Waals surface area contributed by atoms with E-state index in [1.54, 1.807) is 0 Å². The Hall–Kier alpha value is -2.74. The minimum Gasteiger partial charge on any atom is -0.455 e. The molecule has 3 rings (SSSR count). The molecule has 0 fully saturated rings. The third-order valence-electron chi connectivity index (χ3n) is 5.89. The lowest BCUT2D eigenvalue weighted by molar-refractivity contribution is -0.146. The number of nitrogens with two attached hydrogens (primary N) is 1. The summed E-state index contributed by atoms with van der Waals surface area (Å²) in [5.74, 6) is 5.29. The van der Waals surface area contributed by atoms with Gasteiger partial charge in [0.15, 0.2) is 5.71 Å². The van der Waals surface area contributed by atoms with Gasteiger partial charge in [0.1, 0.15) is 11.7 Å². The van der Waals surface area contributed by atoms with Crippen molar-refractivity contribution in [3.05, 3.63) is 95.0 Å². The summed E-state index contributed by atoms with van der Waals surface area (Å²) in [7, 11) is -3.07. The SMILES string of the molecule is CC(C)(C)OC(=O)/C(=N\N)C(O[Si](c1ccccc1)(c1ccccc1)C(C)(C)C)c1ccccc1Br. The Bertz CT molecular complexity index is 1160. The first-order chi connectivity index (χ1) is 16.9. The van der Waals surface area contributed by atoms with E-state index in [9.17, 15) is 4.79 Å². The highest BCUT2D eigenvalue weighted by Gasteiger charge is 2.53. The molecule has 1 atom stereocenters. The number of hydrazone groups is 1. The molecule has 3 aromatic rings. The van der Waals surface area contributed by atoms with Gasteiger partial charge in [-0.3, -0.25) is 0 Å². The van der Waals surface area contributed by atoms with Gasteiger partial charge in [0.25, 0.3) is 8.32 Å². The second-order valence-electron chi connectivity index (χ2n) is 10.7. The zero-order chi connectivity index (χ0) is 26.6. The first-order valence-electron chi connectivity index (χ1n) is 11.9. The molecule has 0 radical (unpaired) electrons. The number of ether oxygens (including phenoxy) is 1. The molecule has 0 aromatic heterocycles. The summed E-state index contributed by atoms with van der Waals surface area (Å²) in [4.78, 5) is 13.4. The van der Waals surface area contributed by atoms with Gasteiger partial charge in [-0.05, 0) is 42.2 Å². The highest BCUT2D eigenvalue weighted by Crippen LogP contribution is 2.41. The van der Waals surface area contributed by atoms with Crippen molar-refractivity contribution in [2.75, 3.05) is 0 Å². The van der Waals surface area contributed by atoms with Crippen molar-refractivity contribution in [3.63, 3.8) is 0 Å². The van der Waals surface area contributed by atoms with Crippen molar-refractivity contribution < 1.29 is 14.0 Å². The van der Waals surface area contributed by atoms with E-state index in [-0.39, 0.29) is 10.7 Å². The molecular weight excluding hydrogens is 532 g/mol. The van der Waals surface area contributed by atoms with Gasteiger partial charge in [0.05, 0.1) is 0 Å². The predicted octanol–water partition coefficient (Wildman–Crippen LogP) is 5.72. The molecule has 0 amide bonds. The number of halogens is 1. The van der Waals surface area contributed by atoms with Gasteiger partial charge in [-0.1, -0.05) is 116 Å². The molecular formula is C29H35BrN2O3Si. The largest absolute Gasteiger partial charge is 0.455 e. The number of esters is 1. The monoisotopic (exact) mass is 566 g/mol. The maximum absolute atomic E-state index is 13.4. The fourth-order valence-electron chi connectivity index (χ4n) is 4.38. The van der Waals surface area contributed by atoms with Crippen LogP contribution >= 0.6 is 15.9 Å². The second-order valence-corrected chi connectivity index (χ2v) is 15.8. The summed E-state index contributed by atoms with van der Waals surface area (Å²) >= 11 is 3.66. The van der Waals surface area contributed by atoms with Crippen molar-refractivity contribution in [1.82, 2.24) is 0 Å². The van der Waals surface area contributed by atoms with Crippen LogP contribution in [0.5, 0.6) is 0 Å². The Morgan fingerprint density at radius 1 is 0.833 bits per heavy atom. The lowest BCUT2D eigenvalue weighted by atomic mass is 10.0. The summed E-state index contributed by atoms with van der Waals surface area (Å²) < 4.78 is 13.8. The van der Waals surface area contributed by atoms with E-state index in [0.717, 1.165) is 20.4 Å². The van der Waals surface area contributed by atoms with Crippen LogP contribution in [-0.2, 0) is 14.0 Å². The van der Waals surface area contributed by atoms with E-state index in [4.69, 9.17) is 15.0 Å². The fraction of sp³-hybridized carbons (Fsp3) is 0.310. The van der Waals surface area contributed by atoms with Crippen molar-refractivity contribution in [2.24, 2.45) is 10.9 Å². The first-order valence-corrected chi connectivity index (χ1v) is 14.7. The van der Waals surface area contributed by atoms with Gasteiger partial charge in [-0.2, -0.15) is 5.10 Å². The number of nitrogens with zero attached hydrogens (tertiary/aromatic N) is 1. The summed E-state index contributed by atoms with van der Waals surface area (Å²) in [6.07, 6.45) is -0.869. The molecule has 1 unspecified atom stereocenters. The van der Waals surface area contributed by atoms with Crippen LogP contribution in [0.25, 0.3) is 0 Å². The van der Waals surface area contributed by atoms with E-state index < -0.39 is 26.0 Å². The van der Waals surface area contributed by atoms with Crippen LogP contribution in [0.3, 0.4) is 0 Å². The first kappa shape index (κ1) is 27.8. The van der Waals surface area contributed by atoms with Crippen molar-refractivity contribution >= 4 is 46.3 Å². The number of benzene rings is 3. The minimum absolute atomic E-state index is 0.0183. The Morgan fingerprint density at radius 3 is 1.72 bits per heavy atom. The van der Waals surface area contributed by atoms with Crippen LogP contribution in [-0.4, -0.2) is 25.6 Å². The van der Waals surface area contributed by atoms with Crippen LogP contribution in [0.4, 0.5) is 0 Å². The highest BCUT2D eigenvalue weighted by molar-refractivity contribution is 9.10. The molecule has 190 valence electrons. The molecule has 0 aliphatic heterocycles. The average Bonchev–Trinajstić information content (AvgIpc) is 2.81. The number of carbonyl (C=O) groups is 1. The second kappa shape index (κ2) is 11.1. The van der Waals surface area contributed by atoms with E-state index in [1.807, 2.05) is 81.4 Å². The maximum atomic E-state index is 13.4. The quantitative estimate of drug-likeness (QED) is 0.130. The molecule has 0 bridgehead atoms. The summed E-state index contributed by atoms with van der Waals surface area (Å²) in [5, 5.41) is 5.81. The Kier molecular flexibility index (Phi) is 8.59. The van der Waals surface area contributed by atoms with Gasteiger partial charge in [-0.15, -0.1) is 0 Å². The topological polar surface area (TPSA) is 73.9 Å². The van der Waals surface area contributed by atoms with Crippen molar-refractivity contribution in [2.45, 2.75) is 58.3 Å². The third-order valence-corrected chi connectivity index (χ3v) is 11.6. The zero-order valence-corrected chi connectivity index (χ0v) is 24.4. The van der Waals surface area contributed by atoms with Crippen LogP contribution < -0.4 is 16.2 Å². The van der Waals surface area contributed by atoms with E-state index in [0.29, 0.717) is 0 Å². The number of rotatable bonds is 7. The number of hydrogen-bond acceptors (Lipinski definition) is 5. The van der Waals surface area contributed by atoms with Gasteiger partial charge in [0.2, 0.25) is 0 Å². The van der Waals surface area contributed by atoms with Crippen molar-refractivity contribution in [1.29, 1.82) is 0 Å². The molecule has 0 aliphatic rings. The molecule has 5 nitrogen and oxygen atoms in total. The lowest BCUT2D eigenvalue weighted by Crippen LogP contribution is -2.67. The summed E-state index contributed by atoms with van der Waals surface area (Å²) in [5.41, 5.74) is 0.0495. The molecule has 0 saturated heterocycles. The Balaban J connectivity index is 2.32. The molecule has 3 aromatic carbocycles. The minimum atomic E-state index is -3.07. The number of carbonyl (C=O) groups excluding carboxylic acids is 1. The molecule has 0 heterocycles. The maximum Gasteiger partial charge on any atom is 0.358 e. The van der Waals surface area contributed by atoms with Gasteiger partial charge >= 0.3 is 5.97 Å². The molecule has 0 aliphatic carbocycles. The molecule has 0 spiro atoms. The summed E-state index contributed by atoms with van der Waals surface area (Å²) in [6, 6.07) is 28.2. The van der Waals surface area contributed by atoms with Gasteiger partial charge in [0, 0.05) is 10.0 Å². The molecule has 0 saturated carbocycles. The zero-order valence-electron chi connectivity index (χ0n) is 21.8. The number of hydrogen-bond donors (Lipinski definition) is 1. The Labute approximate surface area is 224 Å². The van der Waals surface area contributed by atoms with Gasteiger partial charge in [-0.25, -0.2) is 4.79 Å². The molecule has 2 N–H and O–H groups in total. The smallest absolute Gasteiger partial charge is 0.358 e. The van der Waals surface area contributed by atoms with E-state index in [2.05, 4.69) is 66.1 Å². The molecule has 36 heavy (non-hydrogen) atoms. The predicted molar refractivity (Wildman–Crippen MR) is 153 cm³/mol. The average molecular weight is 568 g/mol. The summed E-state index contributed by atoms with van der Waals surface area (Å²) in [6.45, 7) is 12.0. The van der Waals surface area contributed by atoms with E-state index >= 15 is 0 Å². The van der Waals surface area contributed by atoms with Crippen LogP contribution in [0.15, 0.2) is 94.5 Å². The molecule has 7 heteroatoms. The third kappa shape index (κ3) is 5.97.